The molecule has 0 aliphatic rings. The Morgan fingerprint density at radius 2 is 1.45 bits per heavy atom. The summed E-state index contributed by atoms with van der Waals surface area (Å²) >= 11 is 0. The Morgan fingerprint density at radius 3 is 2.18 bits per heavy atom. The van der Waals surface area contributed by atoms with Gasteiger partial charge in [0.1, 0.15) is 0 Å². The van der Waals surface area contributed by atoms with E-state index in [1.165, 1.54) is 0 Å². The van der Waals surface area contributed by atoms with Gasteiger partial charge in [-0.15, -0.1) is 0 Å². The maximum absolute atomic E-state index is 12.1. The summed E-state index contributed by atoms with van der Waals surface area (Å²) in [6.07, 6.45) is -0.619. The number of fused-ring (bicyclic) bond motifs is 3. The Morgan fingerprint density at radius 1 is 0.818 bits per heavy atom. The number of ketones is 2. The van der Waals surface area contributed by atoms with Crippen LogP contribution in [-0.4, -0.2) is 22.6 Å². The van der Waals surface area contributed by atoms with Gasteiger partial charge in [-0.25, -0.2) is 4.79 Å². The minimum Gasteiger partial charge on any atom is -0.475 e. The molecule has 108 valence electrons. The van der Waals surface area contributed by atoms with Crippen LogP contribution < -0.4 is 0 Å². The zero-order chi connectivity index (χ0) is 15.7. The molecule has 0 bridgehead atoms. The Balaban J connectivity index is 2.09. The largest absolute Gasteiger partial charge is 0.475 e. The molecule has 0 unspecified atom stereocenters. The van der Waals surface area contributed by atoms with Gasteiger partial charge in [-0.2, -0.15) is 0 Å². The van der Waals surface area contributed by atoms with Crippen molar-refractivity contribution < 1.29 is 19.5 Å². The number of carboxylic acid groups (broad SMARTS) is 1. The number of benzene rings is 3. The number of carbonyl (C=O) groups excluding carboxylic acids is 2. The predicted octanol–water partition coefficient (Wildman–Crippen LogP) is 3.22. The van der Waals surface area contributed by atoms with Crippen molar-refractivity contribution in [2.45, 2.75) is 6.42 Å². The molecule has 0 aliphatic carbocycles. The molecule has 0 amide bonds. The van der Waals surface area contributed by atoms with Gasteiger partial charge in [-0.05, 0) is 27.6 Å². The Kier molecular flexibility index (Phi) is 3.43. The van der Waals surface area contributed by atoms with Crippen LogP contribution in [0.2, 0.25) is 0 Å². The van der Waals surface area contributed by atoms with Gasteiger partial charge in [-0.3, -0.25) is 9.59 Å². The molecule has 3 aromatic carbocycles. The van der Waals surface area contributed by atoms with Crippen LogP contribution in [0.3, 0.4) is 0 Å². The van der Waals surface area contributed by atoms with Crippen LogP contribution in [0.25, 0.3) is 21.5 Å². The fourth-order valence-corrected chi connectivity index (χ4v) is 2.50. The van der Waals surface area contributed by atoms with E-state index >= 15 is 0 Å². The number of carboxylic acids is 1. The summed E-state index contributed by atoms with van der Waals surface area (Å²) in [5, 5.41) is 12.6. The van der Waals surface area contributed by atoms with Crippen molar-refractivity contribution in [3.63, 3.8) is 0 Å². The van der Waals surface area contributed by atoms with Gasteiger partial charge in [0.15, 0.2) is 5.78 Å². The van der Waals surface area contributed by atoms with Gasteiger partial charge in [0.25, 0.3) is 0 Å². The third-order valence-corrected chi connectivity index (χ3v) is 3.63. The quantitative estimate of drug-likeness (QED) is 0.347. The zero-order valence-corrected chi connectivity index (χ0v) is 11.6. The number of Topliss-reactive ketones (excluding diaryl/α,β-unsaturated/α-hetero) is 2. The predicted molar refractivity (Wildman–Crippen MR) is 83.0 cm³/mol. The van der Waals surface area contributed by atoms with Crippen LogP contribution in [0, 0.1) is 0 Å². The van der Waals surface area contributed by atoms with Crippen molar-refractivity contribution in [1.82, 2.24) is 0 Å². The van der Waals surface area contributed by atoms with Gasteiger partial charge in [0, 0.05) is 5.56 Å². The van der Waals surface area contributed by atoms with Crippen molar-refractivity contribution >= 4 is 39.1 Å². The minimum atomic E-state index is -1.58. The molecule has 1 N–H and O–H groups in total. The van der Waals surface area contributed by atoms with Crippen molar-refractivity contribution in [2.24, 2.45) is 0 Å². The van der Waals surface area contributed by atoms with Gasteiger partial charge < -0.3 is 5.11 Å². The van der Waals surface area contributed by atoms with Crippen LogP contribution >= 0.6 is 0 Å². The van der Waals surface area contributed by atoms with Crippen LogP contribution in [0.4, 0.5) is 0 Å². The first kappa shape index (κ1) is 13.9. The standard InChI is InChI=1S/C18H12O4/c19-16(10-17(20)18(21)22)13-8-7-12-6-5-11-3-1-2-4-14(11)15(12)9-13/h1-9H,10H2,(H,21,22). The normalized spacial score (nSPS) is 10.7. The lowest BCUT2D eigenvalue weighted by Crippen LogP contribution is -2.17. The molecular formula is C18H12O4. The van der Waals surface area contributed by atoms with Crippen molar-refractivity contribution in [2.75, 3.05) is 0 Å². The molecule has 0 fully saturated rings. The van der Waals surface area contributed by atoms with Gasteiger partial charge >= 0.3 is 5.97 Å². The van der Waals surface area contributed by atoms with Gasteiger partial charge in [-0.1, -0.05) is 48.5 Å². The maximum atomic E-state index is 12.1. The second-order valence-electron chi connectivity index (χ2n) is 5.05. The highest BCUT2D eigenvalue weighted by atomic mass is 16.4. The fraction of sp³-hybridized carbons (Fsp3) is 0.0556. The van der Waals surface area contributed by atoms with E-state index in [-0.39, 0.29) is 0 Å². The molecule has 0 heterocycles. The molecule has 4 nitrogen and oxygen atoms in total. The summed E-state index contributed by atoms with van der Waals surface area (Å²) in [4.78, 5) is 33.8. The van der Waals surface area contributed by atoms with Crippen molar-refractivity contribution in [3.8, 4) is 0 Å². The highest BCUT2D eigenvalue weighted by Gasteiger charge is 2.18. The second kappa shape index (κ2) is 5.41. The first-order chi connectivity index (χ1) is 10.6. The van der Waals surface area contributed by atoms with Gasteiger partial charge in [0.05, 0.1) is 6.42 Å². The molecule has 22 heavy (non-hydrogen) atoms. The van der Waals surface area contributed by atoms with Crippen LogP contribution in [0.15, 0.2) is 54.6 Å². The highest BCUT2D eigenvalue weighted by Crippen LogP contribution is 2.26. The molecular weight excluding hydrogens is 280 g/mol. The van der Waals surface area contributed by atoms with Crippen LogP contribution in [0.5, 0.6) is 0 Å². The molecule has 0 aromatic heterocycles. The average molecular weight is 292 g/mol. The summed E-state index contributed by atoms with van der Waals surface area (Å²) < 4.78 is 0. The molecule has 0 atom stereocenters. The number of hydrogen-bond donors (Lipinski definition) is 1. The average Bonchev–Trinajstić information content (AvgIpc) is 2.54. The number of rotatable bonds is 4. The van der Waals surface area contributed by atoms with Crippen molar-refractivity contribution in [1.29, 1.82) is 0 Å². The minimum absolute atomic E-state index is 0.346. The van der Waals surface area contributed by atoms with Crippen LogP contribution in [-0.2, 0) is 9.59 Å². The summed E-state index contributed by atoms with van der Waals surface area (Å²) in [5.41, 5.74) is 0.346. The lowest BCUT2D eigenvalue weighted by Gasteiger charge is -2.06. The third-order valence-electron chi connectivity index (χ3n) is 3.63. The lowest BCUT2D eigenvalue weighted by molar-refractivity contribution is -0.148. The number of aliphatic carboxylic acids is 1. The smallest absolute Gasteiger partial charge is 0.372 e. The summed E-state index contributed by atoms with van der Waals surface area (Å²) in [5.74, 6) is -3.16. The van der Waals surface area contributed by atoms with E-state index in [0.717, 1.165) is 21.5 Å². The molecule has 3 aromatic rings. The Bertz CT molecular complexity index is 925. The lowest BCUT2D eigenvalue weighted by atomic mass is 9.97. The summed E-state index contributed by atoms with van der Waals surface area (Å²) in [6, 6.07) is 16.9. The van der Waals surface area contributed by atoms with E-state index in [2.05, 4.69) is 0 Å². The Hall–Kier alpha value is -3.01. The number of hydrogen-bond acceptors (Lipinski definition) is 3. The monoisotopic (exact) mass is 292 g/mol. The topological polar surface area (TPSA) is 71.4 Å². The van der Waals surface area contributed by atoms with Crippen molar-refractivity contribution in [3.05, 3.63) is 60.2 Å². The molecule has 0 saturated heterocycles. The second-order valence-corrected chi connectivity index (χ2v) is 5.05. The number of carbonyl (C=O) groups is 3. The first-order valence-corrected chi connectivity index (χ1v) is 6.77. The molecule has 3 rings (SSSR count). The third kappa shape index (κ3) is 2.46. The maximum Gasteiger partial charge on any atom is 0.372 e. The van der Waals surface area contributed by atoms with Crippen LogP contribution in [0.1, 0.15) is 16.8 Å². The van der Waals surface area contributed by atoms with E-state index < -0.39 is 24.0 Å². The highest BCUT2D eigenvalue weighted by molar-refractivity contribution is 6.37. The molecule has 4 heteroatoms. The summed E-state index contributed by atoms with van der Waals surface area (Å²) in [7, 11) is 0. The fourth-order valence-electron chi connectivity index (χ4n) is 2.50. The van der Waals surface area contributed by atoms with Gasteiger partial charge in [0.2, 0.25) is 5.78 Å². The van der Waals surface area contributed by atoms with E-state index in [9.17, 15) is 14.4 Å². The molecule has 0 saturated carbocycles. The Labute approximate surface area is 126 Å². The van der Waals surface area contributed by atoms with E-state index in [4.69, 9.17) is 5.11 Å². The SMILES string of the molecule is O=C(O)C(=O)CC(=O)c1ccc2ccc3ccccc3c2c1. The molecule has 0 aliphatic heterocycles. The van der Waals surface area contributed by atoms with E-state index in [1.54, 1.807) is 18.2 Å². The van der Waals surface area contributed by atoms with E-state index in [1.807, 2.05) is 36.4 Å². The molecule has 0 radical (unpaired) electrons. The summed E-state index contributed by atoms with van der Waals surface area (Å²) in [6.45, 7) is 0. The zero-order valence-electron chi connectivity index (χ0n) is 11.6. The van der Waals surface area contributed by atoms with E-state index in [0.29, 0.717) is 5.56 Å². The first-order valence-electron chi connectivity index (χ1n) is 6.77. The molecule has 0 spiro atoms.